The zero-order valence-electron chi connectivity index (χ0n) is 15.2. The van der Waals surface area contributed by atoms with Gasteiger partial charge >= 0.3 is 0 Å². The molecule has 0 spiro atoms. The van der Waals surface area contributed by atoms with Crippen molar-refractivity contribution in [3.63, 3.8) is 0 Å². The van der Waals surface area contributed by atoms with Gasteiger partial charge in [0.1, 0.15) is 11.2 Å². The number of ether oxygens (including phenoxy) is 1. The Balaban J connectivity index is 1.54. The van der Waals surface area contributed by atoms with Gasteiger partial charge in [0.25, 0.3) is 0 Å². The van der Waals surface area contributed by atoms with Crippen LogP contribution in [0.25, 0.3) is 10.2 Å². The first kappa shape index (κ1) is 18.1. The molecule has 0 aliphatic heterocycles. The fraction of sp³-hybridized carbons (Fsp3) is 0.143. The normalized spacial score (nSPS) is 11.3. The lowest BCUT2D eigenvalue weighted by atomic mass is 10.1. The number of azo groups is 1. The van der Waals surface area contributed by atoms with Gasteiger partial charge < -0.3 is 9.84 Å². The van der Waals surface area contributed by atoms with Crippen LogP contribution in [0.1, 0.15) is 16.0 Å². The van der Waals surface area contributed by atoms with E-state index in [1.54, 1.807) is 29.5 Å². The molecule has 0 bridgehead atoms. The Kier molecular flexibility index (Phi) is 5.25. The van der Waals surface area contributed by atoms with Crippen molar-refractivity contribution in [2.24, 2.45) is 10.2 Å². The molecule has 0 saturated carbocycles. The molecule has 0 amide bonds. The maximum atomic E-state index is 9.67. The molecule has 0 radical (unpaired) electrons. The first-order chi connectivity index (χ1) is 13.7. The minimum Gasteiger partial charge on any atom is -0.504 e. The van der Waals surface area contributed by atoms with Crippen molar-refractivity contribution < 1.29 is 9.84 Å². The number of thiophene rings is 1. The minimum atomic E-state index is 0.102. The van der Waals surface area contributed by atoms with Gasteiger partial charge in [-0.15, -0.1) is 16.5 Å². The van der Waals surface area contributed by atoms with Crippen LogP contribution in [0.5, 0.6) is 11.5 Å². The Bertz CT molecular complexity index is 1130. The summed E-state index contributed by atoms with van der Waals surface area (Å²) < 4.78 is 5.12. The van der Waals surface area contributed by atoms with Crippen LogP contribution < -0.4 is 4.74 Å². The highest BCUT2D eigenvalue weighted by Gasteiger charge is 2.09. The number of methoxy groups -OCH3 is 1. The third-order valence-corrected chi connectivity index (χ3v) is 5.29. The van der Waals surface area contributed by atoms with Crippen molar-refractivity contribution in [3.8, 4) is 11.5 Å². The topological polar surface area (TPSA) is 80.0 Å². The van der Waals surface area contributed by atoms with Gasteiger partial charge in [-0.05, 0) is 29.3 Å². The summed E-state index contributed by atoms with van der Waals surface area (Å²) in [6, 6.07) is 17.5. The van der Waals surface area contributed by atoms with Gasteiger partial charge in [0, 0.05) is 11.3 Å². The Morgan fingerprint density at radius 3 is 2.71 bits per heavy atom. The first-order valence-electron chi connectivity index (χ1n) is 8.73. The van der Waals surface area contributed by atoms with Gasteiger partial charge in [-0.3, -0.25) is 0 Å². The van der Waals surface area contributed by atoms with Crippen LogP contribution in [0.2, 0.25) is 0 Å². The molecule has 140 valence electrons. The lowest BCUT2D eigenvalue weighted by Crippen LogP contribution is -1.87. The van der Waals surface area contributed by atoms with E-state index >= 15 is 0 Å². The second kappa shape index (κ2) is 8.14. The summed E-state index contributed by atoms with van der Waals surface area (Å²) in [5.41, 5.74) is 2.14. The maximum Gasteiger partial charge on any atom is 0.185 e. The fourth-order valence-corrected chi connectivity index (χ4v) is 3.89. The Hall–Kier alpha value is -3.32. The molecule has 7 heteroatoms. The van der Waals surface area contributed by atoms with E-state index in [1.807, 2.05) is 18.2 Å². The van der Waals surface area contributed by atoms with E-state index in [4.69, 9.17) is 4.74 Å². The Morgan fingerprint density at radius 1 is 1.04 bits per heavy atom. The van der Waals surface area contributed by atoms with Crippen LogP contribution >= 0.6 is 11.3 Å². The average Bonchev–Trinajstić information content (AvgIpc) is 3.13. The Morgan fingerprint density at radius 2 is 1.89 bits per heavy atom. The van der Waals surface area contributed by atoms with Gasteiger partial charge in [-0.2, -0.15) is 5.11 Å². The molecule has 4 aromatic rings. The van der Waals surface area contributed by atoms with Crippen molar-refractivity contribution in [3.05, 3.63) is 76.9 Å². The summed E-state index contributed by atoms with van der Waals surface area (Å²) >= 11 is 1.65. The van der Waals surface area contributed by atoms with E-state index in [0.29, 0.717) is 18.1 Å². The molecular formula is C21H18N4O2S. The molecule has 4 rings (SSSR count). The number of hydrogen-bond acceptors (Lipinski definition) is 7. The van der Waals surface area contributed by atoms with Crippen LogP contribution in [-0.2, 0) is 13.0 Å². The van der Waals surface area contributed by atoms with Crippen molar-refractivity contribution in [1.82, 2.24) is 9.97 Å². The van der Waals surface area contributed by atoms with Crippen LogP contribution in [0.3, 0.4) is 0 Å². The van der Waals surface area contributed by atoms with E-state index in [2.05, 4.69) is 38.4 Å². The molecule has 0 fully saturated rings. The third kappa shape index (κ3) is 3.99. The highest BCUT2D eigenvalue weighted by molar-refractivity contribution is 7.18. The fourth-order valence-electron chi connectivity index (χ4n) is 2.86. The summed E-state index contributed by atoms with van der Waals surface area (Å²) in [5, 5.41) is 19.1. The molecule has 6 nitrogen and oxygen atoms in total. The van der Waals surface area contributed by atoms with Crippen molar-refractivity contribution in [2.45, 2.75) is 13.0 Å². The molecule has 0 aliphatic carbocycles. The summed E-state index contributed by atoms with van der Waals surface area (Å²) in [6.07, 6.45) is 2.37. The van der Waals surface area contributed by atoms with Crippen molar-refractivity contribution >= 4 is 27.4 Å². The minimum absolute atomic E-state index is 0.102. The highest BCUT2D eigenvalue weighted by atomic mass is 32.1. The third-order valence-electron chi connectivity index (χ3n) is 4.24. The monoisotopic (exact) mass is 390 g/mol. The lowest BCUT2D eigenvalue weighted by Gasteiger charge is -2.04. The molecule has 0 atom stereocenters. The molecule has 2 aromatic carbocycles. The van der Waals surface area contributed by atoms with Gasteiger partial charge in [0.15, 0.2) is 17.3 Å². The first-order valence-corrected chi connectivity index (χ1v) is 9.55. The zero-order valence-corrected chi connectivity index (χ0v) is 16.1. The van der Waals surface area contributed by atoms with Gasteiger partial charge in [-0.25, -0.2) is 9.97 Å². The predicted octanol–water partition coefficient (Wildman–Crippen LogP) is 5.28. The molecule has 2 heterocycles. The van der Waals surface area contributed by atoms with Gasteiger partial charge in [-0.1, -0.05) is 36.4 Å². The molecule has 0 aliphatic rings. The van der Waals surface area contributed by atoms with Crippen LogP contribution in [0.15, 0.2) is 71.2 Å². The van der Waals surface area contributed by atoms with Gasteiger partial charge in [0.05, 0.1) is 19.0 Å². The van der Waals surface area contributed by atoms with E-state index < -0.39 is 0 Å². The van der Waals surface area contributed by atoms with Crippen LogP contribution in [-0.4, -0.2) is 22.2 Å². The number of hydrogen-bond donors (Lipinski definition) is 1. The number of phenols is 1. The quantitative estimate of drug-likeness (QED) is 0.454. The molecule has 28 heavy (non-hydrogen) atoms. The molecule has 0 saturated heterocycles. The number of nitrogens with zero attached hydrogens (tertiary/aromatic N) is 4. The smallest absolute Gasteiger partial charge is 0.185 e. The number of phenolic OH excluding ortho intramolecular Hbond substituents is 1. The summed E-state index contributed by atoms with van der Waals surface area (Å²) in [6.45, 7) is 0.364. The van der Waals surface area contributed by atoms with Gasteiger partial charge in [0.2, 0.25) is 0 Å². The summed E-state index contributed by atoms with van der Waals surface area (Å²) in [4.78, 5) is 10.8. The maximum absolute atomic E-state index is 9.67. The predicted molar refractivity (Wildman–Crippen MR) is 110 cm³/mol. The van der Waals surface area contributed by atoms with E-state index in [9.17, 15) is 5.11 Å². The molecule has 0 unspecified atom stereocenters. The summed E-state index contributed by atoms with van der Waals surface area (Å²) in [7, 11) is 1.52. The number of rotatable bonds is 6. The molecular weight excluding hydrogens is 372 g/mol. The number of aromatic nitrogens is 2. The van der Waals surface area contributed by atoms with E-state index in [-0.39, 0.29) is 5.75 Å². The number of benzene rings is 2. The second-order valence-electron chi connectivity index (χ2n) is 6.20. The lowest BCUT2D eigenvalue weighted by molar-refractivity contribution is 0.373. The van der Waals surface area contributed by atoms with Crippen LogP contribution in [0.4, 0.5) is 5.82 Å². The average molecular weight is 390 g/mol. The zero-order chi connectivity index (χ0) is 19.3. The molecule has 1 N–H and O–H groups in total. The largest absolute Gasteiger partial charge is 0.504 e. The standard InChI is InChI=1S/C21H18N4O2S/c1-27-19-10-15(7-8-18(19)26)12-24-25-20-17-11-16(28-21(17)23-13-22-20)9-14-5-3-2-4-6-14/h2-8,10-11,13,26H,9,12H2,1H3. The second-order valence-corrected chi connectivity index (χ2v) is 7.31. The van der Waals surface area contributed by atoms with E-state index in [1.165, 1.54) is 23.9 Å². The van der Waals surface area contributed by atoms with Crippen molar-refractivity contribution in [1.29, 1.82) is 0 Å². The SMILES string of the molecule is COc1cc(CN=Nc2ncnc3sc(Cc4ccccc4)cc23)ccc1O. The number of fused-ring (bicyclic) bond motifs is 1. The summed E-state index contributed by atoms with van der Waals surface area (Å²) in [5.74, 6) is 1.08. The Labute approximate surface area is 166 Å². The van der Waals surface area contributed by atoms with Crippen LogP contribution in [0, 0.1) is 0 Å². The van der Waals surface area contributed by atoms with Crippen molar-refractivity contribution in [2.75, 3.05) is 7.11 Å². The number of aromatic hydroxyl groups is 1. The highest BCUT2D eigenvalue weighted by Crippen LogP contribution is 2.31. The van der Waals surface area contributed by atoms with E-state index in [0.717, 1.165) is 22.2 Å². The molecule has 2 aromatic heterocycles.